The number of hydrogen-bond acceptors (Lipinski definition) is 7. The first kappa shape index (κ1) is 20.8. The van der Waals surface area contributed by atoms with Crippen molar-refractivity contribution in [2.45, 2.75) is 25.4 Å². The number of fused-ring (bicyclic) bond motifs is 3. The van der Waals surface area contributed by atoms with Gasteiger partial charge in [-0.1, -0.05) is 0 Å². The molecule has 9 heteroatoms. The Balaban J connectivity index is 1.72. The second-order valence-corrected chi connectivity index (χ2v) is 7.92. The quantitative estimate of drug-likeness (QED) is 0.446. The fourth-order valence-electron chi connectivity index (χ4n) is 4.42. The van der Waals surface area contributed by atoms with E-state index in [1.807, 2.05) is 12.1 Å². The number of pyridine rings is 2. The van der Waals surface area contributed by atoms with Crippen molar-refractivity contribution in [3.05, 3.63) is 70.0 Å². The molecule has 0 spiro atoms. The van der Waals surface area contributed by atoms with Gasteiger partial charge in [0, 0.05) is 30.8 Å². The number of rotatable bonds is 4. The van der Waals surface area contributed by atoms with Gasteiger partial charge in [-0.15, -0.1) is 0 Å². The minimum atomic E-state index is -0.675. The summed E-state index contributed by atoms with van der Waals surface area (Å²) in [6.45, 7) is 1.44. The SMILES string of the molecule is COC(=O)c1cccn(Cc2nc3cnc4ccc(C#N)cc4c3n2C2CCOCC2)c1=O. The van der Waals surface area contributed by atoms with Crippen LogP contribution in [0.2, 0.25) is 0 Å². The summed E-state index contributed by atoms with van der Waals surface area (Å²) in [5, 5.41) is 10.3. The first-order chi connectivity index (χ1) is 16.1. The number of aromatic nitrogens is 4. The summed E-state index contributed by atoms with van der Waals surface area (Å²) in [6.07, 6.45) is 4.96. The summed E-state index contributed by atoms with van der Waals surface area (Å²) >= 11 is 0. The zero-order chi connectivity index (χ0) is 22.9. The number of imidazole rings is 1. The molecule has 4 aromatic rings. The standard InChI is InChI=1S/C24H21N5O4/c1-32-24(31)17-3-2-8-28(23(17)30)14-21-27-20-13-26-19-5-4-15(12-25)11-18(19)22(20)29(21)16-6-9-33-10-7-16/h2-5,8,11,13,16H,6-7,9-10,14H2,1H3. The third-order valence-corrected chi connectivity index (χ3v) is 6.01. The van der Waals surface area contributed by atoms with Crippen LogP contribution < -0.4 is 5.56 Å². The average Bonchev–Trinajstić information content (AvgIpc) is 3.23. The molecule has 1 saturated heterocycles. The van der Waals surface area contributed by atoms with Gasteiger partial charge >= 0.3 is 5.97 Å². The molecule has 5 rings (SSSR count). The zero-order valence-corrected chi connectivity index (χ0v) is 18.0. The Labute approximate surface area is 188 Å². The third kappa shape index (κ3) is 3.64. The first-order valence-corrected chi connectivity index (χ1v) is 10.7. The third-order valence-electron chi connectivity index (χ3n) is 6.01. The largest absolute Gasteiger partial charge is 0.465 e. The van der Waals surface area contributed by atoms with E-state index in [1.54, 1.807) is 24.5 Å². The molecule has 0 saturated carbocycles. The monoisotopic (exact) mass is 443 g/mol. The molecule has 0 unspecified atom stereocenters. The van der Waals surface area contributed by atoms with E-state index in [-0.39, 0.29) is 18.2 Å². The number of ether oxygens (including phenoxy) is 2. The lowest BCUT2D eigenvalue weighted by Gasteiger charge is -2.26. The number of esters is 1. The highest BCUT2D eigenvalue weighted by molar-refractivity contribution is 6.02. The van der Waals surface area contributed by atoms with Crippen LogP contribution in [0.25, 0.3) is 21.9 Å². The van der Waals surface area contributed by atoms with Crippen molar-refractivity contribution >= 4 is 27.9 Å². The van der Waals surface area contributed by atoms with Crippen molar-refractivity contribution < 1.29 is 14.3 Å². The Kier molecular flexibility index (Phi) is 5.36. The van der Waals surface area contributed by atoms with Gasteiger partial charge in [0.25, 0.3) is 5.56 Å². The van der Waals surface area contributed by atoms with E-state index >= 15 is 0 Å². The van der Waals surface area contributed by atoms with Crippen LogP contribution in [0.1, 0.15) is 40.6 Å². The predicted molar refractivity (Wildman–Crippen MR) is 120 cm³/mol. The van der Waals surface area contributed by atoms with E-state index in [0.717, 1.165) is 29.3 Å². The van der Waals surface area contributed by atoms with Gasteiger partial charge in [-0.05, 0) is 43.2 Å². The smallest absolute Gasteiger partial charge is 0.343 e. The van der Waals surface area contributed by atoms with Crippen LogP contribution >= 0.6 is 0 Å². The Bertz CT molecular complexity index is 1470. The topological polar surface area (TPSA) is 112 Å². The highest BCUT2D eigenvalue weighted by atomic mass is 16.5. The summed E-state index contributed by atoms with van der Waals surface area (Å²) < 4.78 is 13.9. The highest BCUT2D eigenvalue weighted by Crippen LogP contribution is 2.32. The molecule has 3 aromatic heterocycles. The fourth-order valence-corrected chi connectivity index (χ4v) is 4.42. The minimum Gasteiger partial charge on any atom is -0.465 e. The molecule has 1 aliphatic rings. The molecule has 0 N–H and O–H groups in total. The molecule has 0 radical (unpaired) electrons. The summed E-state index contributed by atoms with van der Waals surface area (Å²) in [5.41, 5.74) is 2.42. The van der Waals surface area contributed by atoms with Gasteiger partial charge in [0.2, 0.25) is 0 Å². The lowest BCUT2D eigenvalue weighted by atomic mass is 10.1. The van der Waals surface area contributed by atoms with Crippen LogP contribution in [0.5, 0.6) is 0 Å². The summed E-state index contributed by atoms with van der Waals surface area (Å²) in [7, 11) is 1.25. The molecular weight excluding hydrogens is 422 g/mol. The molecule has 0 amide bonds. The second-order valence-electron chi connectivity index (χ2n) is 7.92. The van der Waals surface area contributed by atoms with Gasteiger partial charge in [0.1, 0.15) is 16.9 Å². The van der Waals surface area contributed by atoms with E-state index in [0.29, 0.717) is 30.1 Å². The number of carbonyl (C=O) groups excluding carboxylic acids is 1. The summed E-state index contributed by atoms with van der Waals surface area (Å²) in [4.78, 5) is 34.3. The van der Waals surface area contributed by atoms with Crippen LogP contribution in [0.4, 0.5) is 0 Å². The van der Waals surface area contributed by atoms with E-state index in [2.05, 4.69) is 15.6 Å². The van der Waals surface area contributed by atoms with Crippen molar-refractivity contribution in [3.63, 3.8) is 0 Å². The number of benzene rings is 1. The van der Waals surface area contributed by atoms with Crippen molar-refractivity contribution in [2.75, 3.05) is 20.3 Å². The van der Waals surface area contributed by atoms with Gasteiger partial charge in [0.15, 0.2) is 0 Å². The number of hydrogen-bond donors (Lipinski definition) is 0. The van der Waals surface area contributed by atoms with Crippen LogP contribution in [0.3, 0.4) is 0 Å². The number of nitriles is 1. The molecule has 1 fully saturated rings. The predicted octanol–water partition coefficient (Wildman–Crippen LogP) is 2.80. The highest BCUT2D eigenvalue weighted by Gasteiger charge is 2.24. The maximum Gasteiger partial charge on any atom is 0.343 e. The molecule has 0 atom stereocenters. The minimum absolute atomic E-state index is 0.0282. The van der Waals surface area contributed by atoms with Crippen LogP contribution in [0, 0.1) is 11.3 Å². The van der Waals surface area contributed by atoms with Crippen molar-refractivity contribution in [1.82, 2.24) is 19.1 Å². The van der Waals surface area contributed by atoms with Gasteiger partial charge in [-0.2, -0.15) is 5.26 Å². The Morgan fingerprint density at radius 3 is 2.85 bits per heavy atom. The fraction of sp³-hybridized carbons (Fsp3) is 0.292. The second kappa shape index (κ2) is 8.48. The Morgan fingerprint density at radius 2 is 2.09 bits per heavy atom. The van der Waals surface area contributed by atoms with Crippen LogP contribution in [-0.2, 0) is 16.0 Å². The molecule has 9 nitrogen and oxygen atoms in total. The Morgan fingerprint density at radius 1 is 1.27 bits per heavy atom. The number of nitrogens with zero attached hydrogens (tertiary/aromatic N) is 5. The number of carbonyl (C=O) groups is 1. The molecule has 4 heterocycles. The number of methoxy groups -OCH3 is 1. The van der Waals surface area contributed by atoms with Crippen LogP contribution in [-0.4, -0.2) is 45.4 Å². The molecule has 33 heavy (non-hydrogen) atoms. The van der Waals surface area contributed by atoms with Gasteiger partial charge in [0.05, 0.1) is 42.5 Å². The van der Waals surface area contributed by atoms with E-state index in [9.17, 15) is 14.9 Å². The maximum atomic E-state index is 12.9. The van der Waals surface area contributed by atoms with Crippen molar-refractivity contribution in [3.8, 4) is 6.07 Å². The molecule has 1 aliphatic heterocycles. The average molecular weight is 443 g/mol. The van der Waals surface area contributed by atoms with Crippen molar-refractivity contribution in [1.29, 1.82) is 5.26 Å². The summed E-state index contributed by atoms with van der Waals surface area (Å²) in [5.74, 6) is 0.00388. The van der Waals surface area contributed by atoms with Gasteiger partial charge < -0.3 is 18.6 Å². The normalized spacial score (nSPS) is 14.4. The summed E-state index contributed by atoms with van der Waals surface area (Å²) in [6, 6.07) is 10.8. The molecule has 166 valence electrons. The van der Waals surface area contributed by atoms with E-state index in [1.165, 1.54) is 17.7 Å². The molecule has 1 aromatic carbocycles. The van der Waals surface area contributed by atoms with E-state index in [4.69, 9.17) is 14.5 Å². The maximum absolute atomic E-state index is 12.9. The Hall–Kier alpha value is -4.03. The van der Waals surface area contributed by atoms with Gasteiger partial charge in [-0.3, -0.25) is 9.78 Å². The van der Waals surface area contributed by atoms with Gasteiger partial charge in [-0.25, -0.2) is 9.78 Å². The zero-order valence-electron chi connectivity index (χ0n) is 18.0. The van der Waals surface area contributed by atoms with Crippen LogP contribution in [0.15, 0.2) is 47.5 Å². The lowest BCUT2D eigenvalue weighted by molar-refractivity contribution is 0.0597. The first-order valence-electron chi connectivity index (χ1n) is 10.7. The molecule has 0 bridgehead atoms. The molecule has 0 aliphatic carbocycles. The van der Waals surface area contributed by atoms with E-state index < -0.39 is 11.5 Å². The molecular formula is C24H21N5O4. The lowest BCUT2D eigenvalue weighted by Crippen LogP contribution is -2.28. The van der Waals surface area contributed by atoms with Crippen molar-refractivity contribution in [2.24, 2.45) is 0 Å².